The molecule has 2 unspecified atom stereocenters. The van der Waals surface area contributed by atoms with Crippen LogP contribution in [0, 0.1) is 6.92 Å². The SMILES string of the molecule is CCNc1cc(C)ncc1C(=O)N1CC(C)OCC1C. The Bertz CT molecular complexity index is 490. The van der Waals surface area contributed by atoms with Crippen LogP contribution >= 0.6 is 0 Å². The average molecular weight is 277 g/mol. The maximum Gasteiger partial charge on any atom is 0.257 e. The van der Waals surface area contributed by atoms with Crippen LogP contribution in [0.15, 0.2) is 12.3 Å². The van der Waals surface area contributed by atoms with E-state index in [0.29, 0.717) is 18.7 Å². The second-order valence-corrected chi connectivity index (χ2v) is 5.35. The van der Waals surface area contributed by atoms with Crippen LogP contribution in [0.25, 0.3) is 0 Å². The molecule has 1 aliphatic heterocycles. The largest absolute Gasteiger partial charge is 0.385 e. The molecule has 0 saturated carbocycles. The minimum Gasteiger partial charge on any atom is -0.385 e. The van der Waals surface area contributed by atoms with Crippen molar-refractivity contribution < 1.29 is 9.53 Å². The summed E-state index contributed by atoms with van der Waals surface area (Å²) in [5.41, 5.74) is 2.40. The number of ether oxygens (including phenoxy) is 1. The molecule has 2 heterocycles. The average Bonchev–Trinajstić information content (AvgIpc) is 2.41. The number of morpholine rings is 1. The summed E-state index contributed by atoms with van der Waals surface area (Å²) in [6.45, 7) is 9.93. The lowest BCUT2D eigenvalue weighted by Crippen LogP contribution is -2.50. The normalized spacial score (nSPS) is 22.7. The van der Waals surface area contributed by atoms with E-state index in [1.807, 2.05) is 38.7 Å². The summed E-state index contributed by atoms with van der Waals surface area (Å²) in [5, 5.41) is 3.24. The first-order chi connectivity index (χ1) is 9.52. The molecule has 1 aromatic rings. The van der Waals surface area contributed by atoms with E-state index in [2.05, 4.69) is 10.3 Å². The molecule has 1 N–H and O–H groups in total. The molecule has 1 amide bonds. The molecule has 1 saturated heterocycles. The van der Waals surface area contributed by atoms with E-state index < -0.39 is 0 Å². The third-order valence-corrected chi connectivity index (χ3v) is 3.51. The predicted octanol–water partition coefficient (Wildman–Crippen LogP) is 2.07. The lowest BCUT2D eigenvalue weighted by Gasteiger charge is -2.37. The maximum atomic E-state index is 12.8. The van der Waals surface area contributed by atoms with Crippen molar-refractivity contribution in [1.29, 1.82) is 0 Å². The number of nitrogens with zero attached hydrogens (tertiary/aromatic N) is 2. The minimum absolute atomic E-state index is 0.0242. The Morgan fingerprint density at radius 3 is 3.00 bits per heavy atom. The Kier molecular flexibility index (Phi) is 4.60. The first-order valence-corrected chi connectivity index (χ1v) is 7.16. The van der Waals surface area contributed by atoms with Crippen molar-refractivity contribution in [3.63, 3.8) is 0 Å². The molecule has 5 nitrogen and oxygen atoms in total. The highest BCUT2D eigenvalue weighted by molar-refractivity contribution is 5.99. The van der Waals surface area contributed by atoms with Crippen LogP contribution in [0.2, 0.25) is 0 Å². The molecular formula is C15H23N3O2. The fourth-order valence-electron chi connectivity index (χ4n) is 2.41. The monoisotopic (exact) mass is 277 g/mol. The van der Waals surface area contributed by atoms with Crippen LogP contribution < -0.4 is 5.32 Å². The van der Waals surface area contributed by atoms with E-state index in [0.717, 1.165) is 17.9 Å². The highest BCUT2D eigenvalue weighted by atomic mass is 16.5. The molecule has 0 spiro atoms. The number of anilines is 1. The van der Waals surface area contributed by atoms with Gasteiger partial charge in [0, 0.05) is 25.0 Å². The van der Waals surface area contributed by atoms with Crippen molar-refractivity contribution in [1.82, 2.24) is 9.88 Å². The molecule has 20 heavy (non-hydrogen) atoms. The molecule has 5 heteroatoms. The van der Waals surface area contributed by atoms with Gasteiger partial charge in [0.1, 0.15) is 0 Å². The van der Waals surface area contributed by atoms with E-state index in [-0.39, 0.29) is 18.1 Å². The Labute approximate surface area is 120 Å². The van der Waals surface area contributed by atoms with Crippen LogP contribution in [0.5, 0.6) is 0 Å². The highest BCUT2D eigenvalue weighted by Gasteiger charge is 2.29. The zero-order chi connectivity index (χ0) is 14.7. The van der Waals surface area contributed by atoms with Gasteiger partial charge in [0.2, 0.25) is 0 Å². The summed E-state index contributed by atoms with van der Waals surface area (Å²) in [6, 6.07) is 2.01. The molecule has 0 radical (unpaired) electrons. The van der Waals surface area contributed by atoms with Gasteiger partial charge in [0.05, 0.1) is 30.0 Å². The van der Waals surface area contributed by atoms with Gasteiger partial charge >= 0.3 is 0 Å². The number of amides is 1. The Hall–Kier alpha value is -1.62. The summed E-state index contributed by atoms with van der Waals surface area (Å²) in [6.07, 6.45) is 1.75. The van der Waals surface area contributed by atoms with Crippen LogP contribution in [0.3, 0.4) is 0 Å². The Morgan fingerprint density at radius 2 is 2.30 bits per heavy atom. The molecule has 2 rings (SSSR count). The van der Waals surface area contributed by atoms with Gasteiger partial charge in [0.25, 0.3) is 5.91 Å². The van der Waals surface area contributed by atoms with Gasteiger partial charge in [-0.25, -0.2) is 0 Å². The lowest BCUT2D eigenvalue weighted by molar-refractivity contribution is -0.0386. The number of pyridine rings is 1. The van der Waals surface area contributed by atoms with Gasteiger partial charge in [0.15, 0.2) is 0 Å². The summed E-state index contributed by atoms with van der Waals surface area (Å²) in [7, 11) is 0. The van der Waals surface area contributed by atoms with Crippen LogP contribution in [-0.4, -0.2) is 47.6 Å². The zero-order valence-electron chi connectivity index (χ0n) is 12.6. The van der Waals surface area contributed by atoms with Gasteiger partial charge in [-0.15, -0.1) is 0 Å². The molecule has 110 valence electrons. The van der Waals surface area contributed by atoms with Gasteiger partial charge in [-0.3, -0.25) is 9.78 Å². The first kappa shape index (κ1) is 14.8. The number of hydrogen-bond acceptors (Lipinski definition) is 4. The second kappa shape index (κ2) is 6.22. The van der Waals surface area contributed by atoms with E-state index in [4.69, 9.17) is 4.74 Å². The minimum atomic E-state index is 0.0242. The fourth-order valence-corrected chi connectivity index (χ4v) is 2.41. The summed E-state index contributed by atoms with van der Waals surface area (Å²) in [4.78, 5) is 18.9. The Balaban J connectivity index is 2.27. The Morgan fingerprint density at radius 1 is 1.55 bits per heavy atom. The smallest absolute Gasteiger partial charge is 0.257 e. The zero-order valence-corrected chi connectivity index (χ0v) is 12.6. The van der Waals surface area contributed by atoms with Crippen molar-refractivity contribution in [2.24, 2.45) is 0 Å². The molecule has 0 bridgehead atoms. The topological polar surface area (TPSA) is 54.5 Å². The standard InChI is InChI=1S/C15H23N3O2/c1-5-16-14-6-10(2)17-7-13(14)15(19)18-8-12(4)20-9-11(18)3/h6-7,11-12H,5,8-9H2,1-4H3,(H,16,17). The number of aryl methyl sites for hydroxylation is 1. The quantitative estimate of drug-likeness (QED) is 0.919. The second-order valence-electron chi connectivity index (χ2n) is 5.35. The van der Waals surface area contributed by atoms with E-state index in [9.17, 15) is 4.79 Å². The summed E-state index contributed by atoms with van der Waals surface area (Å²) < 4.78 is 5.58. The predicted molar refractivity (Wildman–Crippen MR) is 79.1 cm³/mol. The van der Waals surface area contributed by atoms with Crippen molar-refractivity contribution in [3.8, 4) is 0 Å². The molecule has 1 aromatic heterocycles. The van der Waals surface area contributed by atoms with Crippen molar-refractivity contribution in [2.75, 3.05) is 25.0 Å². The van der Waals surface area contributed by atoms with E-state index >= 15 is 0 Å². The number of aromatic nitrogens is 1. The number of hydrogen-bond donors (Lipinski definition) is 1. The number of nitrogens with one attached hydrogen (secondary N) is 1. The number of carbonyl (C=O) groups excluding carboxylic acids is 1. The summed E-state index contributed by atoms with van der Waals surface area (Å²) in [5.74, 6) is 0.0242. The van der Waals surface area contributed by atoms with Gasteiger partial charge in [-0.1, -0.05) is 0 Å². The van der Waals surface area contributed by atoms with Crippen LogP contribution in [0.4, 0.5) is 5.69 Å². The van der Waals surface area contributed by atoms with Crippen molar-refractivity contribution in [3.05, 3.63) is 23.5 Å². The molecule has 0 aliphatic carbocycles. The first-order valence-electron chi connectivity index (χ1n) is 7.16. The molecular weight excluding hydrogens is 254 g/mol. The maximum absolute atomic E-state index is 12.8. The lowest BCUT2D eigenvalue weighted by atomic mass is 10.1. The number of rotatable bonds is 3. The van der Waals surface area contributed by atoms with Crippen molar-refractivity contribution in [2.45, 2.75) is 39.8 Å². The molecule has 0 aromatic carbocycles. The van der Waals surface area contributed by atoms with Crippen LogP contribution in [0.1, 0.15) is 36.8 Å². The molecule has 1 aliphatic rings. The van der Waals surface area contributed by atoms with Crippen molar-refractivity contribution >= 4 is 11.6 Å². The van der Waals surface area contributed by atoms with E-state index in [1.165, 1.54) is 0 Å². The fraction of sp³-hybridized carbons (Fsp3) is 0.600. The van der Waals surface area contributed by atoms with Crippen LogP contribution in [-0.2, 0) is 4.74 Å². The molecule has 1 fully saturated rings. The van der Waals surface area contributed by atoms with E-state index in [1.54, 1.807) is 6.20 Å². The van der Waals surface area contributed by atoms with Gasteiger partial charge < -0.3 is 15.0 Å². The van der Waals surface area contributed by atoms with Gasteiger partial charge in [-0.2, -0.15) is 0 Å². The highest BCUT2D eigenvalue weighted by Crippen LogP contribution is 2.21. The molecule has 2 atom stereocenters. The van der Waals surface area contributed by atoms with Gasteiger partial charge in [-0.05, 0) is 33.8 Å². The number of carbonyl (C=O) groups is 1. The third kappa shape index (κ3) is 3.10. The summed E-state index contributed by atoms with van der Waals surface area (Å²) >= 11 is 0. The third-order valence-electron chi connectivity index (χ3n) is 3.51.